The molecule has 0 saturated carbocycles. The summed E-state index contributed by atoms with van der Waals surface area (Å²) in [4.78, 5) is 40.6. The molecule has 2 heterocycles. The molecule has 1 aliphatic rings. The Kier molecular flexibility index (Phi) is 3.17. The van der Waals surface area contributed by atoms with Crippen molar-refractivity contribution >= 4 is 23.6 Å². The summed E-state index contributed by atoms with van der Waals surface area (Å²) in [6, 6.07) is 6.12. The van der Waals surface area contributed by atoms with E-state index in [4.69, 9.17) is 0 Å². The van der Waals surface area contributed by atoms with Crippen LogP contribution in [0.4, 0.5) is 10.2 Å². The van der Waals surface area contributed by atoms with E-state index < -0.39 is 23.6 Å². The van der Waals surface area contributed by atoms with Gasteiger partial charge in [0.2, 0.25) is 0 Å². The number of carbonyl (C=O) groups excluding carboxylic acids is 3. The summed E-state index contributed by atoms with van der Waals surface area (Å²) >= 11 is 0. The number of benzene rings is 1. The fourth-order valence-electron chi connectivity index (χ4n) is 2.18. The first-order valence-electron chi connectivity index (χ1n) is 6.25. The summed E-state index contributed by atoms with van der Waals surface area (Å²) in [5.74, 6) is -2.37. The molecular formula is C15H9FN2O4. The number of hydrogen-bond acceptors (Lipinski definition) is 5. The maximum absolute atomic E-state index is 13.2. The van der Waals surface area contributed by atoms with Gasteiger partial charge in [-0.15, -0.1) is 0 Å². The van der Waals surface area contributed by atoms with Crippen molar-refractivity contribution in [2.24, 2.45) is 0 Å². The number of carbonyl (C=O) groups is 3. The van der Waals surface area contributed by atoms with Crippen LogP contribution >= 0.6 is 0 Å². The van der Waals surface area contributed by atoms with Gasteiger partial charge in [0.15, 0.2) is 0 Å². The van der Waals surface area contributed by atoms with Gasteiger partial charge in [0.1, 0.15) is 11.6 Å². The minimum Gasteiger partial charge on any atom is -0.465 e. The smallest absolute Gasteiger partial charge is 0.339 e. The van der Waals surface area contributed by atoms with Crippen LogP contribution < -0.4 is 4.90 Å². The summed E-state index contributed by atoms with van der Waals surface area (Å²) in [6.07, 6.45) is 1.20. The summed E-state index contributed by atoms with van der Waals surface area (Å²) < 4.78 is 17.8. The third-order valence-corrected chi connectivity index (χ3v) is 3.25. The first-order valence-corrected chi connectivity index (χ1v) is 6.25. The zero-order valence-electron chi connectivity index (χ0n) is 11.4. The summed E-state index contributed by atoms with van der Waals surface area (Å²) in [6.45, 7) is 0. The minimum absolute atomic E-state index is 0.0103. The first-order chi connectivity index (χ1) is 10.5. The summed E-state index contributed by atoms with van der Waals surface area (Å²) in [7, 11) is 1.23. The quantitative estimate of drug-likeness (QED) is 0.624. The Morgan fingerprint density at radius 1 is 1.14 bits per heavy atom. The fraction of sp³-hybridized carbons (Fsp3) is 0.0667. The average Bonchev–Trinajstić information content (AvgIpc) is 2.78. The molecule has 0 N–H and O–H groups in total. The van der Waals surface area contributed by atoms with Crippen molar-refractivity contribution in [3.63, 3.8) is 0 Å². The Hall–Kier alpha value is -3.09. The molecule has 0 unspecified atom stereocenters. The van der Waals surface area contributed by atoms with Crippen molar-refractivity contribution in [3.8, 4) is 0 Å². The molecule has 2 amide bonds. The van der Waals surface area contributed by atoms with Gasteiger partial charge in [-0.1, -0.05) is 0 Å². The lowest BCUT2D eigenvalue weighted by Gasteiger charge is -2.12. The number of ether oxygens (including phenoxy) is 1. The van der Waals surface area contributed by atoms with Gasteiger partial charge in [0.05, 0.1) is 23.8 Å². The lowest BCUT2D eigenvalue weighted by atomic mass is 10.1. The number of anilines is 1. The second-order valence-corrected chi connectivity index (χ2v) is 4.53. The molecular weight excluding hydrogens is 291 g/mol. The lowest BCUT2D eigenvalue weighted by Crippen LogP contribution is -2.30. The number of methoxy groups -OCH3 is 1. The normalized spacial score (nSPS) is 13.3. The molecule has 110 valence electrons. The number of amides is 2. The number of halogens is 1. The van der Waals surface area contributed by atoms with Gasteiger partial charge in [-0.05, 0) is 30.3 Å². The zero-order chi connectivity index (χ0) is 15.9. The fourth-order valence-corrected chi connectivity index (χ4v) is 2.18. The number of rotatable bonds is 2. The van der Waals surface area contributed by atoms with E-state index in [1.807, 2.05) is 0 Å². The molecule has 1 aromatic carbocycles. The number of fused-ring (bicyclic) bond motifs is 1. The second-order valence-electron chi connectivity index (χ2n) is 4.53. The average molecular weight is 300 g/mol. The monoisotopic (exact) mass is 300 g/mol. The van der Waals surface area contributed by atoms with Crippen LogP contribution in [0.3, 0.4) is 0 Å². The third kappa shape index (κ3) is 2.03. The van der Waals surface area contributed by atoms with Crippen LogP contribution in [-0.2, 0) is 4.74 Å². The van der Waals surface area contributed by atoms with E-state index in [0.29, 0.717) is 0 Å². The molecule has 0 fully saturated rings. The summed E-state index contributed by atoms with van der Waals surface area (Å²) in [5.41, 5.74) is 0.294. The van der Waals surface area contributed by atoms with Crippen molar-refractivity contribution in [2.45, 2.75) is 0 Å². The summed E-state index contributed by atoms with van der Waals surface area (Å²) in [5, 5.41) is 0. The van der Waals surface area contributed by atoms with Crippen LogP contribution in [-0.4, -0.2) is 29.9 Å². The Morgan fingerprint density at radius 3 is 2.50 bits per heavy atom. The van der Waals surface area contributed by atoms with Gasteiger partial charge in [-0.2, -0.15) is 0 Å². The number of nitrogens with zero attached hydrogens (tertiary/aromatic N) is 2. The Bertz CT molecular complexity index is 802. The van der Waals surface area contributed by atoms with Crippen LogP contribution in [0.25, 0.3) is 0 Å². The van der Waals surface area contributed by atoms with Crippen LogP contribution in [0.15, 0.2) is 36.5 Å². The van der Waals surface area contributed by atoms with Crippen LogP contribution in [0, 0.1) is 5.82 Å². The Morgan fingerprint density at radius 2 is 1.86 bits per heavy atom. The van der Waals surface area contributed by atoms with Crippen molar-refractivity contribution in [2.75, 3.05) is 12.0 Å². The molecule has 2 aromatic rings. The predicted molar refractivity (Wildman–Crippen MR) is 73.1 cm³/mol. The molecule has 0 spiro atoms. The zero-order valence-corrected chi connectivity index (χ0v) is 11.4. The van der Waals surface area contributed by atoms with Crippen molar-refractivity contribution in [3.05, 3.63) is 59.0 Å². The van der Waals surface area contributed by atoms with Gasteiger partial charge >= 0.3 is 5.97 Å². The van der Waals surface area contributed by atoms with Gasteiger partial charge in [-0.25, -0.2) is 19.1 Å². The number of imide groups is 1. The second kappa shape index (κ2) is 5.03. The van der Waals surface area contributed by atoms with Crippen molar-refractivity contribution in [1.29, 1.82) is 0 Å². The molecule has 0 saturated heterocycles. The molecule has 22 heavy (non-hydrogen) atoms. The van der Waals surface area contributed by atoms with Crippen LogP contribution in [0.2, 0.25) is 0 Å². The number of aromatic nitrogens is 1. The largest absolute Gasteiger partial charge is 0.465 e. The van der Waals surface area contributed by atoms with E-state index in [-0.39, 0.29) is 22.5 Å². The molecule has 3 rings (SSSR count). The molecule has 6 nitrogen and oxygen atoms in total. The van der Waals surface area contributed by atoms with E-state index in [2.05, 4.69) is 9.72 Å². The topological polar surface area (TPSA) is 76.6 Å². The van der Waals surface area contributed by atoms with Gasteiger partial charge in [0.25, 0.3) is 11.8 Å². The van der Waals surface area contributed by atoms with Crippen molar-refractivity contribution < 1.29 is 23.5 Å². The molecule has 0 atom stereocenters. The van der Waals surface area contributed by atoms with E-state index in [9.17, 15) is 18.8 Å². The molecule has 0 aliphatic carbocycles. The third-order valence-electron chi connectivity index (χ3n) is 3.25. The Labute approximate surface area is 124 Å². The Balaban J connectivity index is 1.98. The van der Waals surface area contributed by atoms with E-state index in [1.165, 1.54) is 31.5 Å². The molecule has 1 aromatic heterocycles. The molecule has 0 radical (unpaired) electrons. The van der Waals surface area contributed by atoms with Gasteiger partial charge in [0, 0.05) is 6.20 Å². The van der Waals surface area contributed by atoms with Crippen molar-refractivity contribution in [1.82, 2.24) is 4.98 Å². The van der Waals surface area contributed by atoms with Gasteiger partial charge in [-0.3, -0.25) is 9.59 Å². The highest BCUT2D eigenvalue weighted by molar-refractivity contribution is 6.34. The van der Waals surface area contributed by atoms with Crippen LogP contribution in [0.1, 0.15) is 31.1 Å². The highest BCUT2D eigenvalue weighted by Crippen LogP contribution is 2.27. The number of esters is 1. The first kappa shape index (κ1) is 13.9. The standard InChI is InChI=1S/C15H9FN2O4/c1-22-15(21)8-2-5-12(17-7-8)18-13(19)10-4-3-9(16)6-11(10)14(18)20/h2-7H,1H3. The maximum atomic E-state index is 13.2. The molecule has 1 aliphatic heterocycles. The van der Waals surface area contributed by atoms with E-state index in [0.717, 1.165) is 17.0 Å². The maximum Gasteiger partial charge on any atom is 0.339 e. The molecule has 0 bridgehead atoms. The molecule has 7 heteroatoms. The number of pyridine rings is 1. The van der Waals surface area contributed by atoms with Gasteiger partial charge < -0.3 is 4.74 Å². The van der Waals surface area contributed by atoms with Crippen LogP contribution in [0.5, 0.6) is 0 Å². The highest BCUT2D eigenvalue weighted by Gasteiger charge is 2.37. The SMILES string of the molecule is COC(=O)c1ccc(N2C(=O)c3ccc(F)cc3C2=O)nc1. The lowest BCUT2D eigenvalue weighted by molar-refractivity contribution is 0.0600. The minimum atomic E-state index is -0.655. The van der Waals surface area contributed by atoms with E-state index >= 15 is 0 Å². The van der Waals surface area contributed by atoms with E-state index in [1.54, 1.807) is 0 Å². The number of hydrogen-bond donors (Lipinski definition) is 0. The highest BCUT2D eigenvalue weighted by atomic mass is 19.1. The predicted octanol–water partition coefficient (Wildman–Crippen LogP) is 1.81.